The van der Waals surface area contributed by atoms with Gasteiger partial charge >= 0.3 is 12.1 Å². The summed E-state index contributed by atoms with van der Waals surface area (Å²) in [7, 11) is 0. The number of carboxylic acid groups (broad SMARTS) is 3. The van der Waals surface area contributed by atoms with E-state index in [1.807, 2.05) is 0 Å². The number of carbonyl (C=O) groups excluding carboxylic acids is 1. The molecule has 0 aliphatic carbocycles. The molecule has 0 bridgehead atoms. The highest BCUT2D eigenvalue weighted by molar-refractivity contribution is 6.31. The first-order valence-electron chi connectivity index (χ1n) is 2.03. The van der Waals surface area contributed by atoms with Crippen molar-refractivity contribution in [2.45, 2.75) is 6.92 Å². The highest BCUT2D eigenvalue weighted by Gasteiger charge is 1.98. The normalized spacial score (nSPS) is 6.90. The molecule has 3 N–H and O–H groups in total. The summed E-state index contributed by atoms with van der Waals surface area (Å²) < 4.78 is 0. The van der Waals surface area contributed by atoms with Crippen LogP contribution in [0.3, 0.4) is 0 Å². The Balaban J connectivity index is 0. The van der Waals surface area contributed by atoms with Gasteiger partial charge in [0.25, 0.3) is 0 Å². The molecule has 0 fully saturated rings. The zero-order chi connectivity index (χ0) is 8.73. The van der Waals surface area contributed by atoms with Gasteiger partial charge in [0.2, 0.25) is 5.78 Å². The van der Waals surface area contributed by atoms with E-state index in [9.17, 15) is 9.59 Å². The van der Waals surface area contributed by atoms with Gasteiger partial charge in [-0.25, -0.2) is 9.59 Å². The third-order valence-electron chi connectivity index (χ3n) is 0.301. The van der Waals surface area contributed by atoms with Crippen LogP contribution in [0.4, 0.5) is 4.79 Å². The average Bonchev–Trinajstić information content (AvgIpc) is 1.63. The fourth-order valence-corrected chi connectivity index (χ4v) is 0. The van der Waals surface area contributed by atoms with Crippen LogP contribution in [0.2, 0.25) is 0 Å². The molecule has 0 aliphatic rings. The highest BCUT2D eigenvalue weighted by Crippen LogP contribution is 1.61. The second-order valence-electron chi connectivity index (χ2n) is 1.14. The SMILES string of the molecule is CC(=O)C(=O)O.O=C(O)O. The molecule has 0 atom stereocenters. The first-order valence-corrected chi connectivity index (χ1v) is 2.03. The van der Waals surface area contributed by atoms with E-state index in [2.05, 4.69) is 0 Å². The number of rotatable bonds is 1. The molecule has 0 rings (SSSR count). The number of carboxylic acids is 1. The number of ketones is 1. The van der Waals surface area contributed by atoms with Crippen molar-refractivity contribution in [1.29, 1.82) is 0 Å². The van der Waals surface area contributed by atoms with Crippen LogP contribution < -0.4 is 0 Å². The Hall–Kier alpha value is -1.59. The van der Waals surface area contributed by atoms with Crippen molar-refractivity contribution < 1.29 is 29.7 Å². The Bertz CT molecular complexity index is 132. The van der Waals surface area contributed by atoms with Crippen molar-refractivity contribution >= 4 is 17.9 Å². The van der Waals surface area contributed by atoms with Gasteiger partial charge in [0.1, 0.15) is 0 Å². The Morgan fingerprint density at radius 1 is 1.00 bits per heavy atom. The lowest BCUT2D eigenvalue weighted by Gasteiger charge is -1.73. The number of hydrogen-bond acceptors (Lipinski definition) is 3. The van der Waals surface area contributed by atoms with E-state index in [-0.39, 0.29) is 0 Å². The predicted molar refractivity (Wildman–Crippen MR) is 29.0 cm³/mol. The topological polar surface area (TPSA) is 112 Å². The monoisotopic (exact) mass is 150 g/mol. The van der Waals surface area contributed by atoms with Crippen LogP contribution >= 0.6 is 0 Å². The van der Waals surface area contributed by atoms with E-state index >= 15 is 0 Å². The van der Waals surface area contributed by atoms with Crippen molar-refractivity contribution in [1.82, 2.24) is 0 Å². The number of aliphatic carboxylic acids is 1. The van der Waals surface area contributed by atoms with Crippen molar-refractivity contribution in [3.05, 3.63) is 0 Å². The summed E-state index contributed by atoms with van der Waals surface area (Å²) in [5.41, 5.74) is 0. The Morgan fingerprint density at radius 3 is 1.10 bits per heavy atom. The van der Waals surface area contributed by atoms with Crippen molar-refractivity contribution in [3.63, 3.8) is 0 Å². The van der Waals surface area contributed by atoms with Crippen LogP contribution in [0, 0.1) is 0 Å². The maximum Gasteiger partial charge on any atom is 0.503 e. The third-order valence-corrected chi connectivity index (χ3v) is 0.301. The molecule has 0 aromatic carbocycles. The predicted octanol–water partition coefficient (Wildman–Crippen LogP) is -0.118. The van der Waals surface area contributed by atoms with Gasteiger partial charge in [0, 0.05) is 6.92 Å². The van der Waals surface area contributed by atoms with Crippen LogP contribution in [0.5, 0.6) is 0 Å². The van der Waals surface area contributed by atoms with Gasteiger partial charge in [0.05, 0.1) is 0 Å². The standard InChI is InChI=1S/C3H4O3.CH2O3/c1-2(4)3(5)6;2-1(3)4/h1H3,(H,5,6);(H2,2,3,4). The van der Waals surface area contributed by atoms with Gasteiger partial charge < -0.3 is 15.3 Å². The fraction of sp³-hybridized carbons (Fsp3) is 0.250. The van der Waals surface area contributed by atoms with Crippen molar-refractivity contribution in [3.8, 4) is 0 Å². The van der Waals surface area contributed by atoms with Crippen molar-refractivity contribution in [2.75, 3.05) is 0 Å². The number of hydrogen-bond donors (Lipinski definition) is 3. The summed E-state index contributed by atoms with van der Waals surface area (Å²) in [5, 5.41) is 21.6. The zero-order valence-corrected chi connectivity index (χ0v) is 5.07. The van der Waals surface area contributed by atoms with Gasteiger partial charge in [-0.2, -0.15) is 0 Å². The molecular weight excluding hydrogens is 144 g/mol. The van der Waals surface area contributed by atoms with Gasteiger partial charge in [-0.1, -0.05) is 0 Å². The molecule has 0 amide bonds. The molecule has 0 unspecified atom stereocenters. The molecule has 10 heavy (non-hydrogen) atoms. The van der Waals surface area contributed by atoms with Crippen molar-refractivity contribution in [2.24, 2.45) is 0 Å². The average molecular weight is 150 g/mol. The summed E-state index contributed by atoms with van der Waals surface area (Å²) in [6, 6.07) is 0. The van der Waals surface area contributed by atoms with E-state index in [0.717, 1.165) is 6.92 Å². The van der Waals surface area contributed by atoms with Gasteiger partial charge in [-0.3, -0.25) is 4.79 Å². The lowest BCUT2D eigenvalue weighted by Crippen LogP contribution is -2.05. The molecule has 0 spiro atoms. The maximum atomic E-state index is 9.54. The van der Waals surface area contributed by atoms with E-state index in [1.165, 1.54) is 0 Å². The van der Waals surface area contributed by atoms with E-state index in [1.54, 1.807) is 0 Å². The Labute approximate surface area is 55.7 Å². The smallest absolute Gasteiger partial charge is 0.476 e. The molecular formula is C4H6O6. The van der Waals surface area contributed by atoms with Crippen LogP contribution in [0.25, 0.3) is 0 Å². The minimum absolute atomic E-state index is 0.824. The van der Waals surface area contributed by atoms with E-state index in [4.69, 9.17) is 20.1 Å². The first-order chi connectivity index (χ1) is 4.37. The van der Waals surface area contributed by atoms with Crippen LogP contribution in [-0.2, 0) is 9.59 Å². The fourth-order valence-electron chi connectivity index (χ4n) is 0. The molecule has 58 valence electrons. The van der Waals surface area contributed by atoms with E-state index in [0.29, 0.717) is 0 Å². The minimum atomic E-state index is -1.83. The number of carbonyl (C=O) groups is 3. The lowest BCUT2D eigenvalue weighted by molar-refractivity contribution is -0.148. The minimum Gasteiger partial charge on any atom is -0.476 e. The largest absolute Gasteiger partial charge is 0.503 e. The molecule has 0 radical (unpaired) electrons. The molecule has 6 heteroatoms. The van der Waals surface area contributed by atoms with E-state index < -0.39 is 17.9 Å². The summed E-state index contributed by atoms with van der Waals surface area (Å²) in [6.07, 6.45) is -1.83. The zero-order valence-electron chi connectivity index (χ0n) is 5.07. The molecule has 0 saturated heterocycles. The first kappa shape index (κ1) is 11.2. The second-order valence-corrected chi connectivity index (χ2v) is 1.14. The molecule has 0 saturated carbocycles. The number of Topliss-reactive ketones (excluding diaryl/α,β-unsaturated/α-hetero) is 1. The summed E-state index contributed by atoms with van der Waals surface area (Å²) in [4.78, 5) is 27.4. The summed E-state index contributed by atoms with van der Waals surface area (Å²) in [5.74, 6) is -2.20. The van der Waals surface area contributed by atoms with Gasteiger partial charge in [0.15, 0.2) is 0 Å². The second kappa shape index (κ2) is 5.54. The lowest BCUT2D eigenvalue weighted by atomic mass is 10.5. The van der Waals surface area contributed by atoms with Crippen LogP contribution in [0.15, 0.2) is 0 Å². The quantitative estimate of drug-likeness (QED) is 0.449. The third kappa shape index (κ3) is 32.3. The van der Waals surface area contributed by atoms with Gasteiger partial charge in [-0.15, -0.1) is 0 Å². The summed E-state index contributed by atoms with van der Waals surface area (Å²) >= 11 is 0. The molecule has 6 nitrogen and oxygen atoms in total. The maximum absolute atomic E-state index is 9.54. The molecule has 0 aliphatic heterocycles. The highest BCUT2D eigenvalue weighted by atomic mass is 16.6. The molecule has 0 aromatic rings. The van der Waals surface area contributed by atoms with Gasteiger partial charge in [-0.05, 0) is 0 Å². The Morgan fingerprint density at radius 2 is 1.10 bits per heavy atom. The van der Waals surface area contributed by atoms with Crippen LogP contribution in [-0.4, -0.2) is 33.2 Å². The molecule has 0 aromatic heterocycles. The molecule has 0 heterocycles. The van der Waals surface area contributed by atoms with Crippen LogP contribution in [0.1, 0.15) is 6.92 Å². The summed E-state index contributed by atoms with van der Waals surface area (Å²) in [6.45, 7) is 1.00. The Kier molecular flexibility index (Phi) is 6.23.